The van der Waals surface area contributed by atoms with Crippen LogP contribution in [0.15, 0.2) is 0 Å². The fourth-order valence-corrected chi connectivity index (χ4v) is 1.54. The quantitative estimate of drug-likeness (QED) is 0.676. The average molecular weight is 229 g/mol. The van der Waals surface area contributed by atoms with E-state index in [2.05, 4.69) is 5.32 Å². The molecule has 0 aromatic heterocycles. The summed E-state index contributed by atoms with van der Waals surface area (Å²) in [5.74, 6) is -1.17. The van der Waals surface area contributed by atoms with Crippen LogP contribution in [0.25, 0.3) is 0 Å². The second-order valence-corrected chi connectivity index (χ2v) is 4.19. The Balaban J connectivity index is 2.48. The first-order valence-corrected chi connectivity index (χ1v) is 5.67. The molecule has 1 saturated carbocycles. The molecule has 0 aromatic rings. The molecule has 0 saturated heterocycles. The van der Waals surface area contributed by atoms with E-state index in [1.54, 1.807) is 6.92 Å². The van der Waals surface area contributed by atoms with Crippen molar-refractivity contribution in [1.82, 2.24) is 5.32 Å². The zero-order valence-corrected chi connectivity index (χ0v) is 9.78. The van der Waals surface area contributed by atoms with E-state index < -0.39 is 17.4 Å². The van der Waals surface area contributed by atoms with Crippen molar-refractivity contribution in [1.29, 1.82) is 0 Å². The summed E-state index contributed by atoms with van der Waals surface area (Å²) in [6.45, 7) is 4.58. The monoisotopic (exact) mass is 229 g/mol. The van der Waals surface area contributed by atoms with Gasteiger partial charge in [-0.2, -0.15) is 0 Å². The molecule has 5 heteroatoms. The highest BCUT2D eigenvalue weighted by Gasteiger charge is 2.50. The smallest absolute Gasteiger partial charge is 0.326 e. The molecule has 16 heavy (non-hydrogen) atoms. The van der Waals surface area contributed by atoms with E-state index in [1.165, 1.54) is 0 Å². The van der Waals surface area contributed by atoms with Gasteiger partial charge >= 0.3 is 5.97 Å². The van der Waals surface area contributed by atoms with Crippen molar-refractivity contribution in [3.05, 3.63) is 0 Å². The minimum absolute atomic E-state index is 0.185. The van der Waals surface area contributed by atoms with Gasteiger partial charge in [0.15, 0.2) is 0 Å². The summed E-state index contributed by atoms with van der Waals surface area (Å²) in [7, 11) is 0. The number of nitrogens with one attached hydrogen (secondary N) is 1. The molecule has 1 unspecified atom stereocenters. The molecule has 1 rings (SSSR count). The highest BCUT2D eigenvalue weighted by molar-refractivity contribution is 5.89. The Hall–Kier alpha value is -1.10. The normalized spacial score (nSPS) is 18.9. The molecule has 0 aromatic carbocycles. The Kier molecular flexibility index (Phi) is 4.29. The van der Waals surface area contributed by atoms with E-state index in [0.717, 1.165) is 12.8 Å². The van der Waals surface area contributed by atoms with Gasteiger partial charge in [-0.3, -0.25) is 4.79 Å². The van der Waals surface area contributed by atoms with Gasteiger partial charge in [0.05, 0.1) is 12.0 Å². The maximum atomic E-state index is 11.9. The van der Waals surface area contributed by atoms with Gasteiger partial charge in [-0.25, -0.2) is 4.79 Å². The summed E-state index contributed by atoms with van der Waals surface area (Å²) < 4.78 is 5.25. The average Bonchev–Trinajstić information content (AvgIpc) is 3.03. The maximum Gasteiger partial charge on any atom is 0.326 e. The van der Waals surface area contributed by atoms with E-state index in [4.69, 9.17) is 9.84 Å². The van der Waals surface area contributed by atoms with Gasteiger partial charge in [0.1, 0.15) is 6.04 Å². The van der Waals surface area contributed by atoms with Gasteiger partial charge in [-0.05, 0) is 26.2 Å². The van der Waals surface area contributed by atoms with E-state index in [9.17, 15) is 9.59 Å². The molecule has 1 fully saturated rings. The van der Waals surface area contributed by atoms with Gasteiger partial charge in [-0.15, -0.1) is 0 Å². The summed E-state index contributed by atoms with van der Waals surface area (Å²) in [5.41, 5.74) is -0.459. The predicted octanol–water partition coefficient (Wildman–Crippen LogP) is 0.782. The Morgan fingerprint density at radius 2 is 2.06 bits per heavy atom. The fraction of sp³-hybridized carbons (Fsp3) is 0.818. The second kappa shape index (κ2) is 5.30. The summed E-state index contributed by atoms with van der Waals surface area (Å²) >= 11 is 0. The maximum absolute atomic E-state index is 11.9. The third-order valence-electron chi connectivity index (χ3n) is 2.93. The van der Waals surface area contributed by atoms with Crippen molar-refractivity contribution in [2.75, 3.05) is 13.2 Å². The molecule has 0 radical (unpaired) electrons. The number of carboxylic acids is 1. The molecule has 0 bridgehead atoms. The van der Waals surface area contributed by atoms with Crippen molar-refractivity contribution < 1.29 is 19.4 Å². The number of aliphatic carboxylic acids is 1. The molecule has 1 amide bonds. The molecular formula is C11H19NO4. The van der Waals surface area contributed by atoms with E-state index in [-0.39, 0.29) is 5.91 Å². The van der Waals surface area contributed by atoms with Crippen molar-refractivity contribution in [3.8, 4) is 0 Å². The van der Waals surface area contributed by atoms with Crippen LogP contribution in [-0.2, 0) is 14.3 Å². The van der Waals surface area contributed by atoms with Gasteiger partial charge in [0.2, 0.25) is 5.91 Å². The van der Waals surface area contributed by atoms with Crippen LogP contribution >= 0.6 is 0 Å². The van der Waals surface area contributed by atoms with E-state index in [0.29, 0.717) is 19.6 Å². The highest BCUT2D eigenvalue weighted by Crippen LogP contribution is 2.46. The van der Waals surface area contributed by atoms with Gasteiger partial charge in [0, 0.05) is 6.61 Å². The van der Waals surface area contributed by atoms with Crippen LogP contribution in [-0.4, -0.2) is 36.2 Å². The van der Waals surface area contributed by atoms with Gasteiger partial charge < -0.3 is 15.2 Å². The number of carboxylic acid groups (broad SMARTS) is 1. The summed E-state index contributed by atoms with van der Waals surface area (Å²) in [6.07, 6.45) is 1.97. The fourth-order valence-electron chi connectivity index (χ4n) is 1.54. The largest absolute Gasteiger partial charge is 0.480 e. The van der Waals surface area contributed by atoms with E-state index >= 15 is 0 Å². The molecule has 0 heterocycles. The van der Waals surface area contributed by atoms with Crippen molar-refractivity contribution in [2.45, 2.75) is 39.2 Å². The number of ether oxygens (including phenoxy) is 1. The summed E-state index contributed by atoms with van der Waals surface area (Å²) in [4.78, 5) is 22.6. The summed E-state index contributed by atoms with van der Waals surface area (Å²) in [5, 5.41) is 11.4. The van der Waals surface area contributed by atoms with Crippen LogP contribution in [0, 0.1) is 5.41 Å². The first kappa shape index (κ1) is 13.0. The Morgan fingerprint density at radius 3 is 2.44 bits per heavy atom. The predicted molar refractivity (Wildman–Crippen MR) is 58.0 cm³/mol. The Labute approximate surface area is 95.2 Å². The number of hydrogen-bond donors (Lipinski definition) is 2. The van der Waals surface area contributed by atoms with Crippen LogP contribution in [0.4, 0.5) is 0 Å². The van der Waals surface area contributed by atoms with Crippen LogP contribution in [0.1, 0.15) is 33.1 Å². The Bertz CT molecular complexity index is 273. The first-order chi connectivity index (χ1) is 7.55. The number of amides is 1. The minimum Gasteiger partial charge on any atom is -0.480 e. The second-order valence-electron chi connectivity index (χ2n) is 4.19. The number of carbonyl (C=O) groups excluding carboxylic acids is 1. The van der Waals surface area contributed by atoms with Gasteiger partial charge in [0.25, 0.3) is 0 Å². The zero-order chi connectivity index (χ0) is 12.2. The lowest BCUT2D eigenvalue weighted by Crippen LogP contribution is -2.45. The molecule has 5 nitrogen and oxygen atoms in total. The Morgan fingerprint density at radius 1 is 1.44 bits per heavy atom. The standard InChI is InChI=1S/C11H19NO4/c1-3-8(9(13)14)12-10(15)11(5-6-11)7-16-4-2/h8H,3-7H2,1-2H3,(H,12,15)(H,13,14). The first-order valence-electron chi connectivity index (χ1n) is 5.67. The lowest BCUT2D eigenvalue weighted by atomic mass is 10.1. The zero-order valence-electron chi connectivity index (χ0n) is 9.78. The van der Waals surface area contributed by atoms with Gasteiger partial charge in [-0.1, -0.05) is 6.92 Å². The molecule has 1 aliphatic rings. The topological polar surface area (TPSA) is 75.6 Å². The molecule has 0 aliphatic heterocycles. The number of hydrogen-bond acceptors (Lipinski definition) is 3. The number of carbonyl (C=O) groups is 2. The summed E-state index contributed by atoms with van der Waals surface area (Å²) in [6, 6.07) is -0.786. The number of rotatable bonds is 7. The van der Waals surface area contributed by atoms with Crippen molar-refractivity contribution in [3.63, 3.8) is 0 Å². The molecule has 1 atom stereocenters. The molecule has 92 valence electrons. The highest BCUT2D eigenvalue weighted by atomic mass is 16.5. The van der Waals surface area contributed by atoms with E-state index in [1.807, 2.05) is 6.92 Å². The molecular weight excluding hydrogens is 210 g/mol. The SMILES string of the molecule is CCOCC1(C(=O)NC(CC)C(=O)O)CC1. The van der Waals surface area contributed by atoms with Crippen LogP contribution < -0.4 is 5.32 Å². The lowest BCUT2D eigenvalue weighted by molar-refractivity contribution is -0.143. The molecule has 1 aliphatic carbocycles. The van der Waals surface area contributed by atoms with Crippen molar-refractivity contribution >= 4 is 11.9 Å². The van der Waals surface area contributed by atoms with Crippen LogP contribution in [0.5, 0.6) is 0 Å². The molecule has 2 N–H and O–H groups in total. The third-order valence-corrected chi connectivity index (χ3v) is 2.93. The van der Waals surface area contributed by atoms with Crippen LogP contribution in [0.2, 0.25) is 0 Å². The van der Waals surface area contributed by atoms with Crippen molar-refractivity contribution in [2.24, 2.45) is 5.41 Å². The molecule has 0 spiro atoms. The third kappa shape index (κ3) is 2.95. The minimum atomic E-state index is -0.983. The lowest BCUT2D eigenvalue weighted by Gasteiger charge is -2.18. The van der Waals surface area contributed by atoms with Crippen LogP contribution in [0.3, 0.4) is 0 Å².